The zero-order valence-electron chi connectivity index (χ0n) is 16.9. The normalized spacial score (nSPS) is 17.8. The maximum Gasteiger partial charge on any atom is 0.327 e. The second-order valence-corrected chi connectivity index (χ2v) is 8.46. The van der Waals surface area contributed by atoms with Crippen molar-refractivity contribution in [2.24, 2.45) is 0 Å². The topological polar surface area (TPSA) is 82.8 Å². The molecule has 0 aliphatic carbocycles. The largest absolute Gasteiger partial charge is 0.481 e. The molecule has 164 valence electrons. The zero-order chi connectivity index (χ0) is 22.6. The highest BCUT2D eigenvalue weighted by Crippen LogP contribution is 2.37. The molecule has 1 saturated heterocycles. The van der Waals surface area contributed by atoms with E-state index in [4.69, 9.17) is 16.7 Å². The molecule has 0 radical (unpaired) electrons. The van der Waals surface area contributed by atoms with Crippen molar-refractivity contribution in [1.82, 2.24) is 14.4 Å². The Morgan fingerprint density at radius 3 is 2.72 bits per heavy atom. The number of amides is 3. The quantitative estimate of drug-likeness (QED) is 0.595. The first-order chi connectivity index (χ1) is 15.3. The van der Waals surface area contributed by atoms with Crippen LogP contribution in [0.15, 0.2) is 42.5 Å². The second-order valence-electron chi connectivity index (χ2n) is 8.03. The number of carbonyl (C=O) groups excluding carboxylic acids is 2. The number of hydrogen-bond acceptors (Lipinski definition) is 3. The molecule has 3 heterocycles. The Balaban J connectivity index is 1.55. The van der Waals surface area contributed by atoms with Crippen molar-refractivity contribution in [3.05, 3.63) is 70.1 Å². The second kappa shape index (κ2) is 7.63. The summed E-state index contributed by atoms with van der Waals surface area (Å²) in [6.07, 6.45) is 0.0378. The number of benzene rings is 2. The Bertz CT molecular complexity index is 1290. The number of carboxylic acids is 1. The summed E-state index contributed by atoms with van der Waals surface area (Å²) in [5, 5.41) is 10.2. The van der Waals surface area contributed by atoms with E-state index in [0.717, 1.165) is 27.1 Å². The van der Waals surface area contributed by atoms with Crippen LogP contribution in [0.25, 0.3) is 10.9 Å². The van der Waals surface area contributed by atoms with Crippen molar-refractivity contribution in [3.63, 3.8) is 0 Å². The van der Waals surface area contributed by atoms with Gasteiger partial charge in [-0.1, -0.05) is 35.9 Å². The Morgan fingerprint density at radius 2 is 1.97 bits per heavy atom. The van der Waals surface area contributed by atoms with Gasteiger partial charge in [0.15, 0.2) is 0 Å². The van der Waals surface area contributed by atoms with Crippen LogP contribution < -0.4 is 0 Å². The Kier molecular flexibility index (Phi) is 4.89. The minimum atomic E-state index is -1.07. The number of urea groups is 1. The van der Waals surface area contributed by atoms with Gasteiger partial charge >= 0.3 is 12.0 Å². The summed E-state index contributed by atoms with van der Waals surface area (Å²) in [4.78, 5) is 39.2. The molecule has 2 aromatic carbocycles. The first-order valence-electron chi connectivity index (χ1n) is 10.2. The summed E-state index contributed by atoms with van der Waals surface area (Å²) in [6, 6.07) is 11.1. The molecule has 3 aromatic rings. The summed E-state index contributed by atoms with van der Waals surface area (Å²) in [5.41, 5.74) is 3.16. The zero-order valence-corrected chi connectivity index (χ0v) is 17.7. The third-order valence-electron chi connectivity index (χ3n) is 6.21. The predicted molar refractivity (Wildman–Crippen MR) is 115 cm³/mol. The van der Waals surface area contributed by atoms with Crippen LogP contribution in [-0.2, 0) is 29.1 Å². The van der Waals surface area contributed by atoms with Crippen molar-refractivity contribution in [2.45, 2.75) is 32.0 Å². The maximum atomic E-state index is 14.5. The number of aromatic nitrogens is 1. The number of carbonyl (C=O) groups is 3. The Morgan fingerprint density at radius 1 is 1.19 bits per heavy atom. The van der Waals surface area contributed by atoms with E-state index in [0.29, 0.717) is 17.0 Å². The summed E-state index contributed by atoms with van der Waals surface area (Å²) < 4.78 is 16.5. The Labute approximate surface area is 187 Å². The van der Waals surface area contributed by atoms with Gasteiger partial charge in [-0.2, -0.15) is 0 Å². The standard InChI is InChI=1S/C23H19ClFN3O4/c24-14-6-5-13(17(25)9-14)11-27-18-4-2-1-3-15(18)16-10-19-22(31)26(8-7-21(29)30)23(32)28(19)12-20(16)27/h1-6,9,19H,7-8,10-12H2,(H,29,30). The lowest BCUT2D eigenvalue weighted by Gasteiger charge is -2.28. The first kappa shape index (κ1) is 20.5. The van der Waals surface area contributed by atoms with Gasteiger partial charge < -0.3 is 14.6 Å². The van der Waals surface area contributed by atoms with Crippen molar-refractivity contribution >= 4 is 40.4 Å². The molecule has 5 rings (SSSR count). The number of imide groups is 1. The van der Waals surface area contributed by atoms with E-state index in [2.05, 4.69) is 0 Å². The molecule has 2 aliphatic heterocycles. The van der Waals surface area contributed by atoms with Gasteiger partial charge in [-0.15, -0.1) is 0 Å². The van der Waals surface area contributed by atoms with E-state index in [-0.39, 0.29) is 32.0 Å². The summed E-state index contributed by atoms with van der Waals surface area (Å²) in [6.45, 7) is 0.293. The molecule has 3 amide bonds. The van der Waals surface area contributed by atoms with Crippen LogP contribution in [-0.4, -0.2) is 50.0 Å². The molecule has 9 heteroatoms. The molecule has 1 fully saturated rings. The highest BCUT2D eigenvalue weighted by atomic mass is 35.5. The number of halogens is 2. The number of fused-ring (bicyclic) bond motifs is 4. The molecule has 1 N–H and O–H groups in total. The molecule has 32 heavy (non-hydrogen) atoms. The van der Waals surface area contributed by atoms with Gasteiger partial charge in [0.2, 0.25) is 0 Å². The smallest absolute Gasteiger partial charge is 0.327 e. The number of nitrogens with zero attached hydrogens (tertiary/aromatic N) is 3. The average molecular weight is 456 g/mol. The van der Waals surface area contributed by atoms with E-state index < -0.39 is 23.9 Å². The summed E-state index contributed by atoms with van der Waals surface area (Å²) in [5.74, 6) is -1.85. The van der Waals surface area contributed by atoms with Crippen molar-refractivity contribution < 1.29 is 23.9 Å². The van der Waals surface area contributed by atoms with Crippen molar-refractivity contribution in [1.29, 1.82) is 0 Å². The maximum absolute atomic E-state index is 14.5. The highest BCUT2D eigenvalue weighted by molar-refractivity contribution is 6.30. The summed E-state index contributed by atoms with van der Waals surface area (Å²) >= 11 is 5.89. The van der Waals surface area contributed by atoms with Crippen molar-refractivity contribution in [3.8, 4) is 0 Å². The number of para-hydroxylation sites is 1. The fourth-order valence-corrected chi connectivity index (χ4v) is 4.84. The van der Waals surface area contributed by atoms with Gasteiger partial charge in [0.1, 0.15) is 11.9 Å². The molecule has 1 unspecified atom stereocenters. The molecule has 7 nitrogen and oxygen atoms in total. The minimum absolute atomic E-state index is 0.152. The lowest BCUT2D eigenvalue weighted by atomic mass is 9.97. The van der Waals surface area contributed by atoms with E-state index in [9.17, 15) is 18.8 Å². The number of carboxylic acid groups (broad SMARTS) is 1. The van der Waals surface area contributed by atoms with Gasteiger partial charge in [-0.05, 0) is 23.8 Å². The van der Waals surface area contributed by atoms with Crippen LogP contribution in [0.5, 0.6) is 0 Å². The fraction of sp³-hybridized carbons (Fsp3) is 0.261. The monoisotopic (exact) mass is 455 g/mol. The molecule has 0 bridgehead atoms. The van der Waals surface area contributed by atoms with Crippen LogP contribution >= 0.6 is 11.6 Å². The molecule has 2 aliphatic rings. The van der Waals surface area contributed by atoms with E-state index in [1.165, 1.54) is 11.0 Å². The van der Waals surface area contributed by atoms with Gasteiger partial charge in [0.05, 0.1) is 19.5 Å². The summed E-state index contributed by atoms with van der Waals surface area (Å²) in [7, 11) is 0. The molecular formula is C23H19ClFN3O4. The van der Waals surface area contributed by atoms with Crippen LogP contribution in [0.2, 0.25) is 5.02 Å². The van der Waals surface area contributed by atoms with Crippen LogP contribution in [0, 0.1) is 5.82 Å². The number of hydrogen-bond donors (Lipinski definition) is 1. The van der Waals surface area contributed by atoms with Gasteiger partial charge in [-0.25, -0.2) is 9.18 Å². The molecule has 1 aromatic heterocycles. The predicted octanol–water partition coefficient (Wildman–Crippen LogP) is 3.65. The SMILES string of the molecule is O=C(O)CCN1C(=O)C2Cc3c(n(Cc4ccc(Cl)cc4F)c4ccccc34)CN2C1=O. The van der Waals surface area contributed by atoms with E-state index >= 15 is 0 Å². The Hall–Kier alpha value is -3.39. The van der Waals surface area contributed by atoms with Gasteiger partial charge in [-0.3, -0.25) is 14.5 Å². The van der Waals surface area contributed by atoms with E-state index in [1.807, 2.05) is 28.8 Å². The lowest BCUT2D eigenvalue weighted by Crippen LogP contribution is -2.40. The minimum Gasteiger partial charge on any atom is -0.481 e. The first-order valence-corrected chi connectivity index (χ1v) is 10.6. The van der Waals surface area contributed by atoms with Crippen molar-refractivity contribution in [2.75, 3.05) is 6.54 Å². The third-order valence-corrected chi connectivity index (χ3v) is 6.44. The number of rotatable bonds is 5. The fourth-order valence-electron chi connectivity index (χ4n) is 4.68. The van der Waals surface area contributed by atoms with Crippen LogP contribution in [0.4, 0.5) is 9.18 Å². The molecule has 0 spiro atoms. The van der Waals surface area contributed by atoms with Gasteiger partial charge in [0, 0.05) is 40.1 Å². The third kappa shape index (κ3) is 3.22. The average Bonchev–Trinajstić information content (AvgIpc) is 3.19. The molecule has 1 atom stereocenters. The highest BCUT2D eigenvalue weighted by Gasteiger charge is 2.48. The molecule has 0 saturated carbocycles. The van der Waals surface area contributed by atoms with E-state index in [1.54, 1.807) is 12.1 Å². The van der Waals surface area contributed by atoms with Crippen LogP contribution in [0.3, 0.4) is 0 Å². The van der Waals surface area contributed by atoms with Crippen LogP contribution in [0.1, 0.15) is 23.2 Å². The lowest BCUT2D eigenvalue weighted by molar-refractivity contribution is -0.137. The molecular weight excluding hydrogens is 437 g/mol. The number of aliphatic carboxylic acids is 1. The van der Waals surface area contributed by atoms with Gasteiger partial charge in [0.25, 0.3) is 5.91 Å².